The van der Waals surface area contributed by atoms with E-state index in [0.29, 0.717) is 5.70 Å². The summed E-state index contributed by atoms with van der Waals surface area (Å²) in [6.45, 7) is 3.61. The van der Waals surface area contributed by atoms with Crippen LogP contribution in [0.1, 0.15) is 18.9 Å². The number of carbonyl (C=O) groups is 1. The number of anilines is 1. The predicted molar refractivity (Wildman–Crippen MR) is 99.5 cm³/mol. The highest BCUT2D eigenvalue weighted by Crippen LogP contribution is 2.43. The molecule has 0 spiro atoms. The first-order chi connectivity index (χ1) is 13.2. The summed E-state index contributed by atoms with van der Waals surface area (Å²) in [7, 11) is 2.05. The molecular formula is C21H20F3N3O. The van der Waals surface area contributed by atoms with Gasteiger partial charge in [0.15, 0.2) is 0 Å². The number of urea groups is 1. The van der Waals surface area contributed by atoms with Crippen molar-refractivity contribution in [1.29, 1.82) is 0 Å². The van der Waals surface area contributed by atoms with E-state index in [9.17, 15) is 18.0 Å². The van der Waals surface area contributed by atoms with Gasteiger partial charge in [-0.25, -0.2) is 4.79 Å². The van der Waals surface area contributed by atoms with Gasteiger partial charge < -0.3 is 10.2 Å². The summed E-state index contributed by atoms with van der Waals surface area (Å²) < 4.78 is 38.9. The second-order valence-corrected chi connectivity index (χ2v) is 7.48. The Kier molecular flexibility index (Phi) is 4.47. The molecule has 2 saturated heterocycles. The number of alkyl halides is 3. The minimum atomic E-state index is -4.46. The van der Waals surface area contributed by atoms with Crippen LogP contribution in [0.5, 0.6) is 0 Å². The molecule has 0 saturated carbocycles. The van der Waals surface area contributed by atoms with E-state index in [1.54, 1.807) is 4.90 Å². The van der Waals surface area contributed by atoms with Crippen molar-refractivity contribution in [3.8, 4) is 0 Å². The molecule has 7 heteroatoms. The molecule has 2 atom stereocenters. The number of likely N-dealkylation sites (tertiary alicyclic amines) is 2. The van der Waals surface area contributed by atoms with Crippen LogP contribution in [-0.4, -0.2) is 42.0 Å². The third-order valence-electron chi connectivity index (χ3n) is 5.43. The molecule has 1 aromatic rings. The van der Waals surface area contributed by atoms with E-state index in [4.69, 9.17) is 0 Å². The minimum Gasteiger partial charge on any atom is -0.308 e. The maximum atomic E-state index is 13.0. The molecule has 4 nitrogen and oxygen atoms in total. The third-order valence-corrected chi connectivity index (χ3v) is 5.43. The maximum Gasteiger partial charge on any atom is 0.416 e. The van der Waals surface area contributed by atoms with Gasteiger partial charge in [-0.3, -0.25) is 4.90 Å². The first-order valence-corrected chi connectivity index (χ1v) is 9.14. The molecule has 146 valence electrons. The monoisotopic (exact) mass is 387 g/mol. The summed E-state index contributed by atoms with van der Waals surface area (Å²) in [5.41, 5.74) is 8.10. The molecule has 4 rings (SSSR count). The van der Waals surface area contributed by atoms with Crippen molar-refractivity contribution in [2.24, 2.45) is 5.92 Å². The lowest BCUT2D eigenvalue weighted by Crippen LogP contribution is -2.47. The summed E-state index contributed by atoms with van der Waals surface area (Å²) in [5.74, 6) is 0.158. The molecule has 2 aliphatic heterocycles. The Morgan fingerprint density at radius 3 is 2.82 bits per heavy atom. The summed E-state index contributed by atoms with van der Waals surface area (Å²) >= 11 is 0. The van der Waals surface area contributed by atoms with E-state index in [1.165, 1.54) is 12.1 Å². The van der Waals surface area contributed by atoms with Gasteiger partial charge in [0.25, 0.3) is 0 Å². The number of nitrogens with zero attached hydrogens (tertiary/aromatic N) is 2. The number of amides is 2. The quantitative estimate of drug-likeness (QED) is 0.725. The number of allylic oxidation sites excluding steroid dienone is 3. The molecular weight excluding hydrogens is 367 g/mol. The average Bonchev–Trinajstić information content (AvgIpc) is 2.94. The Bertz CT molecular complexity index is 965. The van der Waals surface area contributed by atoms with Crippen LogP contribution in [0.15, 0.2) is 58.6 Å². The normalized spacial score (nSPS) is 24.2. The number of benzene rings is 1. The minimum absolute atomic E-state index is 0.0385. The molecule has 0 aromatic heterocycles. The average molecular weight is 387 g/mol. The molecule has 2 heterocycles. The Labute approximate surface area is 161 Å². The fourth-order valence-electron chi connectivity index (χ4n) is 4.14. The molecule has 0 unspecified atom stereocenters. The molecule has 0 bridgehead atoms. The van der Waals surface area contributed by atoms with Crippen molar-refractivity contribution in [3.63, 3.8) is 0 Å². The maximum absolute atomic E-state index is 13.0. The van der Waals surface area contributed by atoms with Crippen molar-refractivity contribution in [1.82, 2.24) is 9.80 Å². The van der Waals surface area contributed by atoms with Crippen molar-refractivity contribution in [3.05, 3.63) is 64.2 Å². The van der Waals surface area contributed by atoms with E-state index in [0.717, 1.165) is 42.8 Å². The van der Waals surface area contributed by atoms with Crippen molar-refractivity contribution < 1.29 is 18.0 Å². The fourth-order valence-corrected chi connectivity index (χ4v) is 4.14. The van der Waals surface area contributed by atoms with E-state index < -0.39 is 17.8 Å². The van der Waals surface area contributed by atoms with Gasteiger partial charge in [-0.05, 0) is 68.1 Å². The summed E-state index contributed by atoms with van der Waals surface area (Å²) in [6, 6.07) is 4.21. The molecule has 1 aliphatic carbocycles. The lowest BCUT2D eigenvalue weighted by molar-refractivity contribution is -0.137. The highest BCUT2D eigenvalue weighted by Gasteiger charge is 2.47. The third kappa shape index (κ3) is 3.29. The number of halogens is 3. The second-order valence-electron chi connectivity index (χ2n) is 7.48. The smallest absolute Gasteiger partial charge is 0.308 e. The Morgan fingerprint density at radius 1 is 1.29 bits per heavy atom. The summed E-state index contributed by atoms with van der Waals surface area (Å²) in [4.78, 5) is 16.9. The molecule has 0 radical (unpaired) electrons. The van der Waals surface area contributed by atoms with Gasteiger partial charge >= 0.3 is 12.2 Å². The van der Waals surface area contributed by atoms with Crippen LogP contribution in [0.25, 0.3) is 0 Å². The first kappa shape index (κ1) is 18.6. The first-order valence-electron chi connectivity index (χ1n) is 9.14. The topological polar surface area (TPSA) is 35.6 Å². The van der Waals surface area contributed by atoms with E-state index >= 15 is 0 Å². The molecule has 3 aliphatic rings. The molecule has 1 N–H and O–H groups in total. The van der Waals surface area contributed by atoms with Crippen LogP contribution in [0, 0.1) is 5.92 Å². The number of fused-ring (bicyclic) bond motifs is 3. The SMILES string of the molecule is CC1=C=C=C2C(=C1)[C@H]1CN(C)CC[C@@H]1N2C(=O)Nc1cccc(C(F)(F)F)c1. The van der Waals surface area contributed by atoms with Gasteiger partial charge in [-0.15, -0.1) is 0 Å². The van der Waals surface area contributed by atoms with E-state index in [1.807, 2.05) is 20.0 Å². The number of nitrogens with one attached hydrogen (secondary N) is 1. The van der Waals surface area contributed by atoms with Gasteiger partial charge in [0, 0.05) is 24.2 Å². The van der Waals surface area contributed by atoms with Gasteiger partial charge in [-0.2, -0.15) is 13.2 Å². The van der Waals surface area contributed by atoms with E-state index in [-0.39, 0.29) is 17.6 Å². The number of carbonyl (C=O) groups excluding carboxylic acids is 1. The predicted octanol–water partition coefficient (Wildman–Crippen LogP) is 4.40. The molecule has 28 heavy (non-hydrogen) atoms. The Balaban J connectivity index is 1.65. The Hall–Kier alpha value is -2.72. The van der Waals surface area contributed by atoms with Gasteiger partial charge in [0.05, 0.1) is 5.56 Å². The van der Waals surface area contributed by atoms with Crippen molar-refractivity contribution in [2.45, 2.75) is 25.6 Å². The lowest BCUT2D eigenvalue weighted by Gasteiger charge is -2.35. The van der Waals surface area contributed by atoms with Crippen LogP contribution in [-0.2, 0) is 6.18 Å². The number of rotatable bonds is 1. The Morgan fingerprint density at radius 2 is 2.07 bits per heavy atom. The number of hydrogen-bond acceptors (Lipinski definition) is 2. The fraction of sp³-hybridized carbons (Fsp3) is 0.381. The second kappa shape index (κ2) is 6.71. The van der Waals surface area contributed by atoms with Crippen LogP contribution in [0.2, 0.25) is 0 Å². The number of hydrogen-bond donors (Lipinski definition) is 1. The van der Waals surface area contributed by atoms with Crippen LogP contribution in [0.4, 0.5) is 23.7 Å². The van der Waals surface area contributed by atoms with Crippen LogP contribution in [0.3, 0.4) is 0 Å². The zero-order valence-corrected chi connectivity index (χ0v) is 15.6. The standard InChI is InChI=1S/C21H20F3N3O/c1-13-6-7-18-16(10-13)17-12-26(2)9-8-19(17)27(18)20(28)25-15-5-3-4-14(11-15)21(22,23)24/h3-5,10-11,17,19H,8-9,12H2,1-2H3,(H,25,28)/t17-,19+/m1/s1. The largest absolute Gasteiger partial charge is 0.416 e. The van der Waals surface area contributed by atoms with Gasteiger partial charge in [-0.1, -0.05) is 11.8 Å². The van der Waals surface area contributed by atoms with Gasteiger partial charge in [0.2, 0.25) is 0 Å². The zero-order valence-electron chi connectivity index (χ0n) is 15.6. The number of piperidine rings is 1. The highest BCUT2D eigenvalue weighted by molar-refractivity contribution is 5.92. The van der Waals surface area contributed by atoms with Crippen LogP contribution >= 0.6 is 0 Å². The van der Waals surface area contributed by atoms with E-state index in [2.05, 4.69) is 21.7 Å². The highest BCUT2D eigenvalue weighted by atomic mass is 19.4. The van der Waals surface area contributed by atoms with Crippen molar-refractivity contribution >= 4 is 11.7 Å². The molecule has 1 aromatic carbocycles. The van der Waals surface area contributed by atoms with Gasteiger partial charge in [0.1, 0.15) is 5.70 Å². The molecule has 2 fully saturated rings. The zero-order chi connectivity index (χ0) is 20.1. The van der Waals surface area contributed by atoms with Crippen molar-refractivity contribution in [2.75, 3.05) is 25.5 Å². The summed E-state index contributed by atoms with van der Waals surface area (Å²) in [6.07, 6.45) is -1.64. The molecule has 2 amide bonds. The van der Waals surface area contributed by atoms with Crippen LogP contribution < -0.4 is 5.32 Å². The lowest BCUT2D eigenvalue weighted by atomic mass is 9.88. The summed E-state index contributed by atoms with van der Waals surface area (Å²) in [5, 5.41) is 2.64.